The molecular weight excluding hydrogens is 339 g/mol. The molecule has 1 unspecified atom stereocenters. The van der Waals surface area contributed by atoms with Crippen LogP contribution in [0.2, 0.25) is 0 Å². The van der Waals surface area contributed by atoms with Gasteiger partial charge in [-0.1, -0.05) is 29.3 Å². The molecule has 0 aliphatic carbocycles. The van der Waals surface area contributed by atoms with Gasteiger partial charge >= 0.3 is 0 Å². The average molecular weight is 357 g/mol. The second-order valence-electron chi connectivity index (χ2n) is 5.21. The van der Waals surface area contributed by atoms with Crippen molar-refractivity contribution >= 4 is 33.4 Å². The SMILES string of the molecule is CCCCN1CC(C(=O)Nc2ccc(Br)cc2F)CC1=O. The van der Waals surface area contributed by atoms with Crippen LogP contribution in [0, 0.1) is 11.7 Å². The maximum atomic E-state index is 13.7. The lowest BCUT2D eigenvalue weighted by molar-refractivity contribution is -0.128. The number of hydrogen-bond donors (Lipinski definition) is 1. The molecule has 2 amide bonds. The van der Waals surface area contributed by atoms with E-state index in [0.29, 0.717) is 17.6 Å². The van der Waals surface area contributed by atoms with Crippen LogP contribution in [0.1, 0.15) is 26.2 Å². The first-order valence-corrected chi connectivity index (χ1v) is 7.84. The third kappa shape index (κ3) is 4.03. The number of nitrogens with zero attached hydrogens (tertiary/aromatic N) is 1. The van der Waals surface area contributed by atoms with Gasteiger partial charge in [0.25, 0.3) is 0 Å². The van der Waals surface area contributed by atoms with Gasteiger partial charge in [0.05, 0.1) is 11.6 Å². The van der Waals surface area contributed by atoms with Crippen molar-refractivity contribution in [2.45, 2.75) is 26.2 Å². The summed E-state index contributed by atoms with van der Waals surface area (Å²) in [7, 11) is 0. The third-order valence-corrected chi connectivity index (χ3v) is 4.05. The zero-order valence-corrected chi connectivity index (χ0v) is 13.5. The summed E-state index contributed by atoms with van der Waals surface area (Å²) in [5.74, 6) is -1.20. The third-order valence-electron chi connectivity index (χ3n) is 3.56. The number of rotatable bonds is 5. The van der Waals surface area contributed by atoms with Crippen LogP contribution < -0.4 is 5.32 Å². The minimum atomic E-state index is -0.495. The second kappa shape index (κ2) is 7.02. The lowest BCUT2D eigenvalue weighted by Gasteiger charge is -2.16. The normalized spacial score (nSPS) is 18.1. The average Bonchev–Trinajstić information content (AvgIpc) is 2.81. The van der Waals surface area contributed by atoms with Crippen molar-refractivity contribution in [1.82, 2.24) is 4.90 Å². The van der Waals surface area contributed by atoms with Crippen molar-refractivity contribution < 1.29 is 14.0 Å². The van der Waals surface area contributed by atoms with Gasteiger partial charge in [-0.05, 0) is 24.6 Å². The van der Waals surface area contributed by atoms with Crippen LogP contribution in [0.5, 0.6) is 0 Å². The van der Waals surface area contributed by atoms with Crippen LogP contribution >= 0.6 is 15.9 Å². The molecule has 0 radical (unpaired) electrons. The highest BCUT2D eigenvalue weighted by molar-refractivity contribution is 9.10. The van der Waals surface area contributed by atoms with E-state index in [1.807, 2.05) is 0 Å². The molecule has 1 aliphatic heterocycles. The van der Waals surface area contributed by atoms with Crippen LogP contribution in [0.3, 0.4) is 0 Å². The standard InChI is InChI=1S/C15H18BrFN2O2/c1-2-3-6-19-9-10(7-14(19)20)15(21)18-13-5-4-11(16)8-12(13)17/h4-5,8,10H,2-3,6-7,9H2,1H3,(H,18,21). The zero-order chi connectivity index (χ0) is 15.4. The Labute approximate surface area is 131 Å². The molecule has 1 aliphatic rings. The highest BCUT2D eigenvalue weighted by Gasteiger charge is 2.34. The first-order valence-electron chi connectivity index (χ1n) is 7.05. The van der Waals surface area contributed by atoms with E-state index in [9.17, 15) is 14.0 Å². The molecule has 21 heavy (non-hydrogen) atoms. The van der Waals surface area contributed by atoms with E-state index in [1.54, 1.807) is 11.0 Å². The maximum absolute atomic E-state index is 13.7. The van der Waals surface area contributed by atoms with Crippen molar-refractivity contribution in [3.63, 3.8) is 0 Å². The maximum Gasteiger partial charge on any atom is 0.229 e. The number of anilines is 1. The van der Waals surface area contributed by atoms with Gasteiger partial charge in [0.2, 0.25) is 11.8 Å². The fraction of sp³-hybridized carbons (Fsp3) is 0.467. The Bertz CT molecular complexity index is 550. The molecule has 1 fully saturated rings. The Hall–Kier alpha value is -1.43. The summed E-state index contributed by atoms with van der Waals surface area (Å²) in [6.45, 7) is 3.16. The summed E-state index contributed by atoms with van der Waals surface area (Å²) >= 11 is 3.16. The van der Waals surface area contributed by atoms with Crippen LogP contribution in [-0.4, -0.2) is 29.8 Å². The quantitative estimate of drug-likeness (QED) is 0.880. The first kappa shape index (κ1) is 15.9. The molecule has 2 rings (SSSR count). The van der Waals surface area contributed by atoms with Crippen molar-refractivity contribution in [2.24, 2.45) is 5.92 Å². The van der Waals surface area contributed by atoms with Gasteiger partial charge in [0.15, 0.2) is 0 Å². The van der Waals surface area contributed by atoms with E-state index >= 15 is 0 Å². The van der Waals surface area contributed by atoms with Crippen molar-refractivity contribution in [3.05, 3.63) is 28.5 Å². The lowest BCUT2D eigenvalue weighted by Crippen LogP contribution is -2.29. The molecule has 0 spiro atoms. The fourth-order valence-electron chi connectivity index (χ4n) is 2.34. The molecule has 1 heterocycles. The van der Waals surface area contributed by atoms with Gasteiger partial charge in [0.1, 0.15) is 5.82 Å². The summed E-state index contributed by atoms with van der Waals surface area (Å²) in [5.41, 5.74) is 0.141. The Morgan fingerprint density at radius 1 is 1.52 bits per heavy atom. The van der Waals surface area contributed by atoms with Crippen LogP contribution in [0.25, 0.3) is 0 Å². The zero-order valence-electron chi connectivity index (χ0n) is 11.9. The van der Waals surface area contributed by atoms with Crippen LogP contribution in [0.4, 0.5) is 10.1 Å². The number of likely N-dealkylation sites (tertiary alicyclic amines) is 1. The second-order valence-corrected chi connectivity index (χ2v) is 6.12. The number of halogens is 2. The molecule has 1 N–H and O–H groups in total. The first-order chi connectivity index (χ1) is 10.0. The summed E-state index contributed by atoms with van der Waals surface area (Å²) in [5, 5.41) is 2.56. The topological polar surface area (TPSA) is 49.4 Å². The number of hydrogen-bond acceptors (Lipinski definition) is 2. The summed E-state index contributed by atoms with van der Waals surface area (Å²) in [6.07, 6.45) is 2.14. The number of carbonyl (C=O) groups excluding carboxylic acids is 2. The van der Waals surface area contributed by atoms with Crippen molar-refractivity contribution in [3.8, 4) is 0 Å². The van der Waals surface area contributed by atoms with Gasteiger partial charge in [-0.2, -0.15) is 0 Å². The molecule has 1 saturated heterocycles. The van der Waals surface area contributed by atoms with E-state index in [0.717, 1.165) is 12.8 Å². The minimum Gasteiger partial charge on any atom is -0.342 e. The molecule has 1 atom stereocenters. The van der Waals surface area contributed by atoms with E-state index in [-0.39, 0.29) is 23.9 Å². The minimum absolute atomic E-state index is 0.000113. The van der Waals surface area contributed by atoms with E-state index in [4.69, 9.17) is 0 Å². The van der Waals surface area contributed by atoms with Gasteiger partial charge < -0.3 is 10.2 Å². The summed E-state index contributed by atoms with van der Waals surface area (Å²) in [4.78, 5) is 25.7. The smallest absolute Gasteiger partial charge is 0.229 e. The van der Waals surface area contributed by atoms with Gasteiger partial charge in [-0.15, -0.1) is 0 Å². The van der Waals surface area contributed by atoms with Gasteiger partial charge in [-0.25, -0.2) is 4.39 Å². The molecule has 0 saturated carbocycles. The number of carbonyl (C=O) groups is 2. The monoisotopic (exact) mass is 356 g/mol. The number of nitrogens with one attached hydrogen (secondary N) is 1. The molecule has 114 valence electrons. The Balaban J connectivity index is 1.96. The summed E-state index contributed by atoms with van der Waals surface area (Å²) in [6, 6.07) is 4.46. The predicted molar refractivity (Wildman–Crippen MR) is 82.3 cm³/mol. The van der Waals surface area contributed by atoms with Crippen LogP contribution in [-0.2, 0) is 9.59 Å². The summed E-state index contributed by atoms with van der Waals surface area (Å²) < 4.78 is 14.3. The Morgan fingerprint density at radius 3 is 2.95 bits per heavy atom. The highest BCUT2D eigenvalue weighted by Crippen LogP contribution is 2.23. The van der Waals surface area contributed by atoms with Crippen molar-refractivity contribution in [2.75, 3.05) is 18.4 Å². The highest BCUT2D eigenvalue weighted by atomic mass is 79.9. The van der Waals surface area contributed by atoms with Crippen LogP contribution in [0.15, 0.2) is 22.7 Å². The molecular formula is C15H18BrFN2O2. The molecule has 0 aromatic heterocycles. The molecule has 1 aromatic carbocycles. The number of unbranched alkanes of at least 4 members (excludes halogenated alkanes) is 1. The number of amides is 2. The lowest BCUT2D eigenvalue weighted by atomic mass is 10.1. The van der Waals surface area contributed by atoms with E-state index in [2.05, 4.69) is 28.2 Å². The van der Waals surface area contributed by atoms with E-state index < -0.39 is 11.7 Å². The van der Waals surface area contributed by atoms with Gasteiger partial charge in [-0.3, -0.25) is 9.59 Å². The van der Waals surface area contributed by atoms with Crippen molar-refractivity contribution in [1.29, 1.82) is 0 Å². The Morgan fingerprint density at radius 2 is 2.29 bits per heavy atom. The molecule has 4 nitrogen and oxygen atoms in total. The van der Waals surface area contributed by atoms with E-state index in [1.165, 1.54) is 12.1 Å². The molecule has 1 aromatic rings. The Kier molecular flexibility index (Phi) is 5.33. The molecule has 6 heteroatoms. The number of benzene rings is 1. The fourth-order valence-corrected chi connectivity index (χ4v) is 2.67. The predicted octanol–water partition coefficient (Wildman–Crippen LogP) is 3.18. The molecule has 0 bridgehead atoms. The largest absolute Gasteiger partial charge is 0.342 e. The van der Waals surface area contributed by atoms with Gasteiger partial charge in [0, 0.05) is 24.0 Å².